The van der Waals surface area contributed by atoms with Gasteiger partial charge in [0.2, 0.25) is 11.7 Å². The Balaban J connectivity index is 1.53. The maximum atomic E-state index is 12.8. The van der Waals surface area contributed by atoms with Crippen molar-refractivity contribution in [1.82, 2.24) is 9.80 Å². The smallest absolute Gasteiger partial charge is 0.227 e. The predicted molar refractivity (Wildman–Crippen MR) is 113 cm³/mol. The van der Waals surface area contributed by atoms with Crippen molar-refractivity contribution in [1.29, 1.82) is 0 Å². The van der Waals surface area contributed by atoms with Crippen molar-refractivity contribution < 1.29 is 19.0 Å². The van der Waals surface area contributed by atoms with Gasteiger partial charge in [-0.2, -0.15) is 0 Å². The van der Waals surface area contributed by atoms with Gasteiger partial charge in [0.05, 0.1) is 27.8 Å². The van der Waals surface area contributed by atoms with Gasteiger partial charge >= 0.3 is 0 Å². The normalized spacial score (nSPS) is 14.5. The molecule has 0 bridgehead atoms. The minimum atomic E-state index is 0.127. The maximum Gasteiger partial charge on any atom is 0.227 e. The first-order valence-corrected chi connectivity index (χ1v) is 9.97. The fraction of sp³-hybridized carbons (Fsp3) is 0.435. The zero-order chi connectivity index (χ0) is 20.6. The number of piperazine rings is 1. The number of rotatable bonds is 8. The number of amides is 1. The summed E-state index contributed by atoms with van der Waals surface area (Å²) in [6.07, 6.45) is 1.36. The number of hydrogen-bond donors (Lipinski definition) is 0. The van der Waals surface area contributed by atoms with Crippen LogP contribution in [0.25, 0.3) is 0 Å². The molecule has 0 saturated carbocycles. The summed E-state index contributed by atoms with van der Waals surface area (Å²) in [6.45, 7) is 4.37. The van der Waals surface area contributed by atoms with E-state index in [2.05, 4.69) is 29.2 Å². The summed E-state index contributed by atoms with van der Waals surface area (Å²) in [7, 11) is 4.73. The Hall–Kier alpha value is -2.73. The second-order valence-corrected chi connectivity index (χ2v) is 7.17. The van der Waals surface area contributed by atoms with E-state index < -0.39 is 0 Å². The third kappa shape index (κ3) is 5.41. The molecule has 2 aromatic rings. The molecule has 0 spiro atoms. The average molecular weight is 399 g/mol. The highest BCUT2D eigenvalue weighted by Gasteiger charge is 2.22. The number of hydrogen-bond acceptors (Lipinski definition) is 5. The van der Waals surface area contributed by atoms with Crippen molar-refractivity contribution in [2.75, 3.05) is 54.1 Å². The molecular formula is C23H30N2O4. The Bertz CT molecular complexity index is 777. The molecule has 156 valence electrons. The van der Waals surface area contributed by atoms with Gasteiger partial charge in [0.25, 0.3) is 0 Å². The summed E-state index contributed by atoms with van der Waals surface area (Å²) >= 11 is 0. The molecule has 2 aromatic carbocycles. The van der Waals surface area contributed by atoms with Gasteiger partial charge in [-0.05, 0) is 29.7 Å². The van der Waals surface area contributed by atoms with Gasteiger partial charge in [-0.25, -0.2) is 0 Å². The van der Waals surface area contributed by atoms with E-state index in [0.717, 1.165) is 44.7 Å². The lowest BCUT2D eigenvalue weighted by Crippen LogP contribution is -2.49. The molecule has 3 rings (SSSR count). The summed E-state index contributed by atoms with van der Waals surface area (Å²) in [5.74, 6) is 1.81. The van der Waals surface area contributed by atoms with Crippen molar-refractivity contribution in [3.63, 3.8) is 0 Å². The summed E-state index contributed by atoms with van der Waals surface area (Å²) in [5.41, 5.74) is 2.21. The lowest BCUT2D eigenvalue weighted by atomic mass is 10.1. The monoisotopic (exact) mass is 398 g/mol. The fourth-order valence-corrected chi connectivity index (χ4v) is 3.68. The highest BCUT2D eigenvalue weighted by atomic mass is 16.5. The number of methoxy groups -OCH3 is 3. The summed E-state index contributed by atoms with van der Waals surface area (Å²) in [4.78, 5) is 17.2. The topological polar surface area (TPSA) is 51.2 Å². The summed E-state index contributed by atoms with van der Waals surface area (Å²) in [5, 5.41) is 0. The van der Waals surface area contributed by atoms with Gasteiger partial charge in [-0.1, -0.05) is 30.3 Å². The second-order valence-electron chi connectivity index (χ2n) is 7.17. The van der Waals surface area contributed by atoms with Gasteiger partial charge in [0.1, 0.15) is 0 Å². The number of ether oxygens (including phenoxy) is 3. The van der Waals surface area contributed by atoms with Crippen LogP contribution in [0.4, 0.5) is 0 Å². The number of nitrogens with zero attached hydrogens (tertiary/aromatic N) is 2. The molecule has 1 aliphatic rings. The van der Waals surface area contributed by atoms with Gasteiger partial charge in [-0.15, -0.1) is 0 Å². The zero-order valence-corrected chi connectivity index (χ0v) is 17.5. The quantitative estimate of drug-likeness (QED) is 0.684. The maximum absolute atomic E-state index is 12.8. The molecule has 0 N–H and O–H groups in total. The van der Waals surface area contributed by atoms with Gasteiger partial charge < -0.3 is 19.1 Å². The molecule has 1 saturated heterocycles. The van der Waals surface area contributed by atoms with Crippen LogP contribution in [0.15, 0.2) is 42.5 Å². The predicted octanol–water partition coefficient (Wildman–Crippen LogP) is 2.64. The molecule has 1 aliphatic heterocycles. The first-order valence-electron chi connectivity index (χ1n) is 9.97. The third-order valence-corrected chi connectivity index (χ3v) is 5.36. The molecule has 0 aliphatic carbocycles. The van der Waals surface area contributed by atoms with Crippen LogP contribution in [0.1, 0.15) is 11.1 Å². The molecule has 0 radical (unpaired) electrons. The number of carbonyl (C=O) groups excluding carboxylic acids is 1. The van der Waals surface area contributed by atoms with Crippen LogP contribution in [0.3, 0.4) is 0 Å². The molecule has 0 atom stereocenters. The van der Waals surface area contributed by atoms with Crippen LogP contribution in [-0.4, -0.2) is 69.8 Å². The summed E-state index contributed by atoms with van der Waals surface area (Å²) < 4.78 is 16.1. The molecule has 1 heterocycles. The van der Waals surface area contributed by atoms with Gasteiger partial charge in [0.15, 0.2) is 11.5 Å². The van der Waals surface area contributed by atoms with Crippen LogP contribution < -0.4 is 14.2 Å². The molecule has 6 nitrogen and oxygen atoms in total. The fourth-order valence-electron chi connectivity index (χ4n) is 3.68. The molecule has 1 fully saturated rings. The van der Waals surface area contributed by atoms with E-state index in [1.165, 1.54) is 5.56 Å². The Morgan fingerprint density at radius 1 is 0.862 bits per heavy atom. The number of carbonyl (C=O) groups is 1. The lowest BCUT2D eigenvalue weighted by molar-refractivity contribution is -0.132. The Morgan fingerprint density at radius 2 is 1.48 bits per heavy atom. The SMILES string of the molecule is COc1cc(CC(=O)N2CCN(CCc3ccccc3)CC2)cc(OC)c1OC. The van der Waals surface area contributed by atoms with E-state index in [1.54, 1.807) is 21.3 Å². The van der Waals surface area contributed by atoms with Crippen LogP contribution in [0, 0.1) is 0 Å². The van der Waals surface area contributed by atoms with E-state index in [1.807, 2.05) is 23.1 Å². The van der Waals surface area contributed by atoms with Crippen LogP contribution >= 0.6 is 0 Å². The Labute approximate surface area is 173 Å². The third-order valence-electron chi connectivity index (χ3n) is 5.36. The van der Waals surface area contributed by atoms with Crippen molar-refractivity contribution in [2.24, 2.45) is 0 Å². The molecule has 1 amide bonds. The standard InChI is InChI=1S/C23H30N2O4/c1-27-20-15-19(16-21(28-2)23(20)29-3)17-22(26)25-13-11-24(12-14-25)10-9-18-7-5-4-6-8-18/h4-8,15-16H,9-14,17H2,1-3H3. The molecule has 0 unspecified atom stereocenters. The van der Waals surface area contributed by atoms with Crippen LogP contribution in [0.2, 0.25) is 0 Å². The van der Waals surface area contributed by atoms with Crippen LogP contribution in [0.5, 0.6) is 17.2 Å². The second kappa shape index (κ2) is 10.2. The molecule has 29 heavy (non-hydrogen) atoms. The van der Waals surface area contributed by atoms with E-state index in [4.69, 9.17) is 14.2 Å². The van der Waals surface area contributed by atoms with Crippen molar-refractivity contribution in [3.8, 4) is 17.2 Å². The average Bonchev–Trinajstić information content (AvgIpc) is 2.77. The Morgan fingerprint density at radius 3 is 2.03 bits per heavy atom. The van der Waals surface area contributed by atoms with E-state index in [9.17, 15) is 4.79 Å². The molecular weight excluding hydrogens is 368 g/mol. The van der Waals surface area contributed by atoms with Gasteiger partial charge in [0, 0.05) is 32.7 Å². The van der Waals surface area contributed by atoms with Crippen molar-refractivity contribution in [2.45, 2.75) is 12.8 Å². The van der Waals surface area contributed by atoms with Gasteiger partial charge in [-0.3, -0.25) is 9.69 Å². The number of benzene rings is 2. The van der Waals surface area contributed by atoms with E-state index in [0.29, 0.717) is 23.7 Å². The summed E-state index contributed by atoms with van der Waals surface area (Å²) in [6, 6.07) is 14.2. The first-order chi connectivity index (χ1) is 14.1. The zero-order valence-electron chi connectivity index (χ0n) is 17.5. The lowest BCUT2D eigenvalue weighted by Gasteiger charge is -2.35. The van der Waals surface area contributed by atoms with Crippen LogP contribution in [-0.2, 0) is 17.6 Å². The molecule has 0 aromatic heterocycles. The Kier molecular flexibility index (Phi) is 7.36. The highest BCUT2D eigenvalue weighted by molar-refractivity contribution is 5.79. The highest BCUT2D eigenvalue weighted by Crippen LogP contribution is 2.38. The van der Waals surface area contributed by atoms with Crippen molar-refractivity contribution >= 4 is 5.91 Å². The van der Waals surface area contributed by atoms with E-state index >= 15 is 0 Å². The minimum Gasteiger partial charge on any atom is -0.493 e. The largest absolute Gasteiger partial charge is 0.493 e. The van der Waals surface area contributed by atoms with Crippen molar-refractivity contribution in [3.05, 3.63) is 53.6 Å². The molecule has 6 heteroatoms. The minimum absolute atomic E-state index is 0.127. The van der Waals surface area contributed by atoms with E-state index in [-0.39, 0.29) is 5.91 Å². The first kappa shape index (κ1) is 21.0.